The van der Waals surface area contributed by atoms with E-state index in [-0.39, 0.29) is 17.8 Å². The van der Waals surface area contributed by atoms with Crippen molar-refractivity contribution in [3.63, 3.8) is 0 Å². The maximum atomic E-state index is 10.8. The fourth-order valence-corrected chi connectivity index (χ4v) is 6.13. The number of nitrogens with one attached hydrogen (secondary N) is 1. The van der Waals surface area contributed by atoms with Crippen molar-refractivity contribution in [3.05, 3.63) is 76.3 Å². The highest BCUT2D eigenvalue weighted by Gasteiger charge is 2.43. The highest BCUT2D eigenvalue weighted by molar-refractivity contribution is 7.80. The molecular formula is C26H29ClN4OS. The van der Waals surface area contributed by atoms with Gasteiger partial charge in [0.1, 0.15) is 5.75 Å². The Bertz CT molecular complexity index is 1170. The van der Waals surface area contributed by atoms with Gasteiger partial charge in [-0.1, -0.05) is 36.9 Å². The average Bonchev–Trinajstić information content (AvgIpc) is 3.31. The molecule has 5 rings (SSSR count). The molecule has 0 spiro atoms. The van der Waals surface area contributed by atoms with Gasteiger partial charge >= 0.3 is 0 Å². The summed E-state index contributed by atoms with van der Waals surface area (Å²) >= 11 is 12.1. The number of pyridine rings is 1. The van der Waals surface area contributed by atoms with Crippen LogP contribution in [-0.2, 0) is 0 Å². The van der Waals surface area contributed by atoms with E-state index in [1.54, 1.807) is 18.2 Å². The number of anilines is 1. The lowest BCUT2D eigenvalue weighted by Gasteiger charge is -2.30. The van der Waals surface area contributed by atoms with Gasteiger partial charge in [-0.25, -0.2) is 0 Å². The molecule has 1 aliphatic carbocycles. The van der Waals surface area contributed by atoms with Crippen molar-refractivity contribution < 1.29 is 5.11 Å². The number of phenolic OH excluding ortho intramolecular Hbond substituents is 1. The molecule has 3 heterocycles. The van der Waals surface area contributed by atoms with Crippen LogP contribution in [0.1, 0.15) is 72.9 Å². The second-order valence-electron chi connectivity index (χ2n) is 9.12. The number of hydrogen-bond donors (Lipinski definition) is 2. The van der Waals surface area contributed by atoms with Crippen LogP contribution in [0.3, 0.4) is 0 Å². The van der Waals surface area contributed by atoms with Crippen LogP contribution in [0.2, 0.25) is 5.02 Å². The smallest absolute Gasteiger partial charge is 0.174 e. The van der Waals surface area contributed by atoms with E-state index < -0.39 is 0 Å². The predicted molar refractivity (Wildman–Crippen MR) is 137 cm³/mol. The third-order valence-corrected chi connectivity index (χ3v) is 7.63. The normalized spacial score (nSPS) is 21.4. The van der Waals surface area contributed by atoms with E-state index in [1.165, 1.54) is 49.1 Å². The Hall–Kier alpha value is -2.57. The quantitative estimate of drug-likeness (QED) is 0.415. The molecule has 1 saturated carbocycles. The molecule has 2 aromatic heterocycles. The van der Waals surface area contributed by atoms with Crippen LogP contribution in [0.5, 0.6) is 5.75 Å². The third kappa shape index (κ3) is 4.00. The molecule has 33 heavy (non-hydrogen) atoms. The molecule has 0 unspecified atom stereocenters. The Kier molecular flexibility index (Phi) is 6.06. The summed E-state index contributed by atoms with van der Waals surface area (Å²) in [6.07, 6.45) is 8.14. The van der Waals surface area contributed by atoms with Crippen LogP contribution in [0, 0.1) is 13.8 Å². The number of hydrogen-bond acceptors (Lipinski definition) is 3. The summed E-state index contributed by atoms with van der Waals surface area (Å²) in [6.45, 7) is 4.41. The third-order valence-electron chi connectivity index (χ3n) is 7.08. The molecule has 0 bridgehead atoms. The van der Waals surface area contributed by atoms with Gasteiger partial charge < -0.3 is 19.9 Å². The molecular weight excluding hydrogens is 452 g/mol. The van der Waals surface area contributed by atoms with Crippen LogP contribution in [-0.4, -0.2) is 19.8 Å². The molecule has 2 N–H and O–H groups in total. The van der Waals surface area contributed by atoms with Crippen molar-refractivity contribution in [3.8, 4) is 5.75 Å². The molecule has 1 aromatic carbocycles. The summed E-state index contributed by atoms with van der Waals surface area (Å²) in [5.74, 6) is 0.149. The van der Waals surface area contributed by atoms with Gasteiger partial charge in [0, 0.05) is 28.6 Å². The molecule has 2 fully saturated rings. The standard InChI is InChI=1S/C26H29ClN4OS/c1-16-14-20(17(2)30(16)19-8-4-3-5-9-19)25-24(21-10-6-7-13-28-21)29-26(33)31(25)22-15-18(27)11-12-23(22)32/h6-7,10-15,19,24-25,32H,3-5,8-9H2,1-2H3,(H,29,33)/t24-,25-/m0/s1. The minimum atomic E-state index is -0.166. The van der Waals surface area contributed by atoms with Gasteiger partial charge in [0.2, 0.25) is 0 Å². The summed E-state index contributed by atoms with van der Waals surface area (Å²) < 4.78 is 2.52. The Morgan fingerprint density at radius 3 is 2.61 bits per heavy atom. The number of halogens is 1. The SMILES string of the molecule is Cc1cc([C@H]2[C@H](c3ccccn3)NC(=S)N2c2cc(Cl)ccc2O)c(C)n1C1CCCCC1. The molecule has 172 valence electrons. The van der Waals surface area contributed by atoms with Gasteiger partial charge in [-0.05, 0) is 80.9 Å². The van der Waals surface area contributed by atoms with Gasteiger partial charge in [0.15, 0.2) is 5.11 Å². The molecule has 3 aromatic rings. The highest BCUT2D eigenvalue weighted by Crippen LogP contribution is 2.47. The van der Waals surface area contributed by atoms with Gasteiger partial charge in [0.05, 0.1) is 23.5 Å². The first-order valence-electron chi connectivity index (χ1n) is 11.6. The van der Waals surface area contributed by atoms with E-state index >= 15 is 0 Å². The second-order valence-corrected chi connectivity index (χ2v) is 9.94. The van der Waals surface area contributed by atoms with Crippen LogP contribution < -0.4 is 10.2 Å². The van der Waals surface area contributed by atoms with Crippen LogP contribution in [0.15, 0.2) is 48.7 Å². The van der Waals surface area contributed by atoms with E-state index in [1.807, 2.05) is 29.3 Å². The predicted octanol–water partition coefficient (Wildman–Crippen LogP) is 6.54. The molecule has 1 aliphatic heterocycles. The maximum absolute atomic E-state index is 10.8. The van der Waals surface area contributed by atoms with Crippen molar-refractivity contribution in [2.45, 2.75) is 64.1 Å². The number of phenols is 1. The van der Waals surface area contributed by atoms with Crippen molar-refractivity contribution in [1.82, 2.24) is 14.9 Å². The lowest BCUT2D eigenvalue weighted by molar-refractivity contribution is 0.345. The van der Waals surface area contributed by atoms with E-state index in [0.29, 0.717) is 21.9 Å². The van der Waals surface area contributed by atoms with Gasteiger partial charge in [-0.15, -0.1) is 0 Å². The zero-order chi connectivity index (χ0) is 23.1. The largest absolute Gasteiger partial charge is 0.506 e. The van der Waals surface area contributed by atoms with Gasteiger partial charge in [-0.2, -0.15) is 0 Å². The fraction of sp³-hybridized carbons (Fsp3) is 0.385. The van der Waals surface area contributed by atoms with Crippen molar-refractivity contribution >= 4 is 34.6 Å². The Morgan fingerprint density at radius 2 is 1.88 bits per heavy atom. The Balaban J connectivity index is 1.66. The van der Waals surface area contributed by atoms with Crippen molar-refractivity contribution in [2.24, 2.45) is 0 Å². The summed E-state index contributed by atoms with van der Waals surface area (Å²) in [4.78, 5) is 6.65. The summed E-state index contributed by atoms with van der Waals surface area (Å²) in [7, 11) is 0. The zero-order valence-corrected chi connectivity index (χ0v) is 20.5. The number of aromatic hydroxyl groups is 1. The molecule has 2 atom stereocenters. The molecule has 2 aliphatic rings. The van der Waals surface area contributed by atoms with E-state index in [4.69, 9.17) is 23.8 Å². The number of rotatable bonds is 4. The number of aromatic nitrogens is 2. The number of benzene rings is 1. The van der Waals surface area contributed by atoms with Gasteiger partial charge in [0.25, 0.3) is 0 Å². The highest BCUT2D eigenvalue weighted by atomic mass is 35.5. The van der Waals surface area contributed by atoms with E-state index in [2.05, 4.69) is 34.8 Å². The fourth-order valence-electron chi connectivity index (χ4n) is 5.62. The number of thiocarbonyl (C=S) groups is 1. The second kappa shape index (κ2) is 8.99. The van der Waals surface area contributed by atoms with Gasteiger partial charge in [-0.3, -0.25) is 4.98 Å². The number of nitrogens with zero attached hydrogens (tertiary/aromatic N) is 3. The van der Waals surface area contributed by atoms with E-state index in [9.17, 15) is 5.11 Å². The first-order valence-corrected chi connectivity index (χ1v) is 12.4. The Morgan fingerprint density at radius 1 is 1.09 bits per heavy atom. The summed E-state index contributed by atoms with van der Waals surface area (Å²) in [5.41, 5.74) is 5.23. The summed E-state index contributed by atoms with van der Waals surface area (Å²) in [6, 6.07) is 13.5. The molecule has 5 nitrogen and oxygen atoms in total. The van der Waals surface area contributed by atoms with Crippen LogP contribution in [0.4, 0.5) is 5.69 Å². The molecule has 7 heteroatoms. The lowest BCUT2D eigenvalue weighted by Crippen LogP contribution is -2.29. The lowest BCUT2D eigenvalue weighted by atomic mass is 9.94. The first-order chi connectivity index (χ1) is 16.0. The first kappa shape index (κ1) is 22.2. The maximum Gasteiger partial charge on any atom is 0.174 e. The monoisotopic (exact) mass is 480 g/mol. The minimum Gasteiger partial charge on any atom is -0.506 e. The molecule has 0 amide bonds. The summed E-state index contributed by atoms with van der Waals surface area (Å²) in [5, 5.41) is 15.3. The van der Waals surface area contributed by atoms with Crippen molar-refractivity contribution in [2.75, 3.05) is 4.90 Å². The van der Waals surface area contributed by atoms with Crippen molar-refractivity contribution in [1.29, 1.82) is 0 Å². The molecule has 1 saturated heterocycles. The van der Waals surface area contributed by atoms with E-state index in [0.717, 1.165) is 5.69 Å². The number of aryl methyl sites for hydroxylation is 1. The minimum absolute atomic E-state index is 0.149. The van der Waals surface area contributed by atoms with Crippen LogP contribution in [0.25, 0.3) is 0 Å². The topological polar surface area (TPSA) is 53.3 Å². The molecule has 0 radical (unpaired) electrons. The Labute approximate surface area is 205 Å². The average molecular weight is 481 g/mol. The van der Waals surface area contributed by atoms with Crippen LogP contribution >= 0.6 is 23.8 Å². The zero-order valence-electron chi connectivity index (χ0n) is 19.0.